The Bertz CT molecular complexity index is 215. The highest BCUT2D eigenvalue weighted by atomic mass is 32.2. The highest BCUT2D eigenvalue weighted by Gasteiger charge is 2.40. The van der Waals surface area contributed by atoms with Crippen LogP contribution < -0.4 is 5.32 Å². The minimum absolute atomic E-state index is 0.257. The summed E-state index contributed by atoms with van der Waals surface area (Å²) in [6.45, 7) is 3.93. The summed E-state index contributed by atoms with van der Waals surface area (Å²) in [6, 6.07) is 0. The maximum Gasteiger partial charge on any atom is 0.242 e. The average Bonchev–Trinajstić information content (AvgIpc) is 2.74. The van der Waals surface area contributed by atoms with Crippen molar-refractivity contribution in [2.45, 2.75) is 31.7 Å². The molecule has 1 N–H and O–H groups in total. The molecule has 0 saturated carbocycles. The van der Waals surface area contributed by atoms with Crippen LogP contribution in [0.25, 0.3) is 0 Å². The summed E-state index contributed by atoms with van der Waals surface area (Å²) >= 11 is 1.78. The number of nitrogens with zero attached hydrogens (tertiary/aromatic N) is 1. The van der Waals surface area contributed by atoms with Crippen molar-refractivity contribution in [3.8, 4) is 0 Å². The summed E-state index contributed by atoms with van der Waals surface area (Å²) in [7, 11) is 1.91. The normalized spacial score (nSPS) is 25.5. The minimum Gasteiger partial charge on any atom is -0.343 e. The number of amides is 1. The van der Waals surface area contributed by atoms with Gasteiger partial charge >= 0.3 is 0 Å². The van der Waals surface area contributed by atoms with Crippen molar-refractivity contribution >= 4 is 17.7 Å². The van der Waals surface area contributed by atoms with Gasteiger partial charge in [-0.15, -0.1) is 0 Å². The quantitative estimate of drug-likeness (QED) is 0.773. The van der Waals surface area contributed by atoms with Crippen LogP contribution in [0.4, 0.5) is 0 Å². The zero-order chi connectivity index (χ0) is 11.3. The lowest BCUT2D eigenvalue weighted by Gasteiger charge is -2.31. The van der Waals surface area contributed by atoms with Crippen LogP contribution in [-0.2, 0) is 4.79 Å². The Balaban J connectivity index is 2.56. The van der Waals surface area contributed by atoms with Gasteiger partial charge in [-0.05, 0) is 32.1 Å². The van der Waals surface area contributed by atoms with Crippen molar-refractivity contribution < 1.29 is 4.79 Å². The molecule has 0 spiro atoms. The molecule has 0 aromatic heterocycles. The van der Waals surface area contributed by atoms with E-state index in [9.17, 15) is 4.79 Å². The number of carbonyl (C=O) groups is 1. The lowest BCUT2D eigenvalue weighted by atomic mass is 9.92. The van der Waals surface area contributed by atoms with E-state index in [0.29, 0.717) is 0 Å². The van der Waals surface area contributed by atoms with Crippen LogP contribution in [0.15, 0.2) is 0 Å². The molecule has 0 aliphatic carbocycles. The first-order chi connectivity index (χ1) is 7.16. The molecule has 0 aromatic rings. The van der Waals surface area contributed by atoms with Crippen LogP contribution in [-0.4, -0.2) is 48.5 Å². The zero-order valence-electron chi connectivity index (χ0n) is 10.0. The third-order valence-corrected chi connectivity index (χ3v) is 3.82. The van der Waals surface area contributed by atoms with E-state index in [-0.39, 0.29) is 11.4 Å². The van der Waals surface area contributed by atoms with Gasteiger partial charge < -0.3 is 10.2 Å². The van der Waals surface area contributed by atoms with Gasteiger partial charge in [-0.3, -0.25) is 4.79 Å². The Hall–Kier alpha value is -0.220. The van der Waals surface area contributed by atoms with Crippen molar-refractivity contribution in [3.05, 3.63) is 0 Å². The van der Waals surface area contributed by atoms with Crippen molar-refractivity contribution in [2.75, 3.05) is 32.1 Å². The third kappa shape index (κ3) is 2.88. The predicted molar refractivity (Wildman–Crippen MR) is 66.3 cm³/mol. The smallest absolute Gasteiger partial charge is 0.242 e. The van der Waals surface area contributed by atoms with E-state index in [1.807, 2.05) is 11.9 Å². The standard InChI is InChI=1S/C11H22N2OS/c1-4-11(6-5-7-12-11)10(14)13(2)8-9-15-3/h12H,4-9H2,1-3H3. The van der Waals surface area contributed by atoms with Gasteiger partial charge in [0.2, 0.25) is 5.91 Å². The fourth-order valence-corrected chi connectivity index (χ4v) is 2.59. The van der Waals surface area contributed by atoms with Crippen LogP contribution in [0.5, 0.6) is 0 Å². The fourth-order valence-electron chi connectivity index (χ4n) is 2.14. The van der Waals surface area contributed by atoms with E-state index in [2.05, 4.69) is 18.5 Å². The summed E-state index contributed by atoms with van der Waals surface area (Å²) in [4.78, 5) is 14.1. The number of rotatable bonds is 5. The van der Waals surface area contributed by atoms with Crippen molar-refractivity contribution in [2.24, 2.45) is 0 Å². The van der Waals surface area contributed by atoms with Crippen LogP contribution >= 0.6 is 11.8 Å². The highest BCUT2D eigenvalue weighted by Crippen LogP contribution is 2.25. The molecule has 0 aromatic carbocycles. The molecule has 1 fully saturated rings. The lowest BCUT2D eigenvalue weighted by Crippen LogP contribution is -2.53. The predicted octanol–water partition coefficient (Wildman–Crippen LogP) is 1.34. The summed E-state index contributed by atoms with van der Waals surface area (Å²) in [5.74, 6) is 1.29. The molecule has 0 bridgehead atoms. The Morgan fingerprint density at radius 2 is 2.33 bits per heavy atom. The molecule has 1 amide bonds. The van der Waals surface area contributed by atoms with Gasteiger partial charge in [-0.25, -0.2) is 0 Å². The molecular weight excluding hydrogens is 208 g/mol. The lowest BCUT2D eigenvalue weighted by molar-refractivity contribution is -0.136. The monoisotopic (exact) mass is 230 g/mol. The van der Waals surface area contributed by atoms with Gasteiger partial charge in [0.15, 0.2) is 0 Å². The van der Waals surface area contributed by atoms with Gasteiger partial charge in [0.25, 0.3) is 0 Å². The number of hydrogen-bond donors (Lipinski definition) is 1. The first-order valence-corrected chi connectivity index (χ1v) is 7.05. The Labute approximate surface area is 97.0 Å². The fraction of sp³-hybridized carbons (Fsp3) is 0.909. The van der Waals surface area contributed by atoms with Gasteiger partial charge in [0, 0.05) is 19.3 Å². The average molecular weight is 230 g/mol. The SMILES string of the molecule is CCC1(C(=O)N(C)CCSC)CCCN1. The van der Waals surface area contributed by atoms with E-state index in [1.54, 1.807) is 11.8 Å². The van der Waals surface area contributed by atoms with Crippen LogP contribution in [0.2, 0.25) is 0 Å². The maximum absolute atomic E-state index is 12.3. The molecule has 1 aliphatic rings. The molecule has 88 valence electrons. The van der Waals surface area contributed by atoms with E-state index >= 15 is 0 Å². The summed E-state index contributed by atoms with van der Waals surface area (Å²) in [5.41, 5.74) is -0.257. The zero-order valence-corrected chi connectivity index (χ0v) is 10.8. The Kier molecular flexibility index (Phi) is 4.93. The minimum atomic E-state index is -0.257. The van der Waals surface area contributed by atoms with E-state index in [1.165, 1.54) is 0 Å². The number of thioether (sulfide) groups is 1. The molecular formula is C11H22N2OS. The first kappa shape index (κ1) is 12.8. The number of likely N-dealkylation sites (N-methyl/N-ethyl adjacent to an activating group) is 1. The van der Waals surface area contributed by atoms with Gasteiger partial charge in [0.1, 0.15) is 0 Å². The maximum atomic E-state index is 12.3. The van der Waals surface area contributed by atoms with Gasteiger partial charge in [-0.1, -0.05) is 6.92 Å². The summed E-state index contributed by atoms with van der Waals surface area (Å²) in [5, 5.41) is 3.38. The number of hydrogen-bond acceptors (Lipinski definition) is 3. The van der Waals surface area contributed by atoms with Crippen LogP contribution in [0.1, 0.15) is 26.2 Å². The molecule has 4 heteroatoms. The Morgan fingerprint density at radius 1 is 1.60 bits per heavy atom. The van der Waals surface area contributed by atoms with E-state index < -0.39 is 0 Å². The third-order valence-electron chi connectivity index (χ3n) is 3.23. The second-order valence-corrected chi connectivity index (χ2v) is 5.17. The molecule has 3 nitrogen and oxygen atoms in total. The molecule has 1 unspecified atom stereocenters. The molecule has 1 aliphatic heterocycles. The molecule has 1 saturated heterocycles. The summed E-state index contributed by atoms with van der Waals surface area (Å²) in [6.07, 6.45) is 5.08. The Morgan fingerprint density at radius 3 is 2.80 bits per heavy atom. The van der Waals surface area contributed by atoms with E-state index in [0.717, 1.165) is 38.1 Å². The second kappa shape index (κ2) is 5.75. The van der Waals surface area contributed by atoms with Crippen molar-refractivity contribution in [3.63, 3.8) is 0 Å². The van der Waals surface area contributed by atoms with Crippen LogP contribution in [0, 0.1) is 0 Å². The van der Waals surface area contributed by atoms with Gasteiger partial charge in [0.05, 0.1) is 5.54 Å². The number of carbonyl (C=O) groups excluding carboxylic acids is 1. The van der Waals surface area contributed by atoms with Gasteiger partial charge in [-0.2, -0.15) is 11.8 Å². The number of nitrogens with one attached hydrogen (secondary N) is 1. The molecule has 1 heterocycles. The molecule has 1 rings (SSSR count). The topological polar surface area (TPSA) is 32.3 Å². The highest BCUT2D eigenvalue weighted by molar-refractivity contribution is 7.98. The largest absolute Gasteiger partial charge is 0.343 e. The van der Waals surface area contributed by atoms with Crippen molar-refractivity contribution in [1.82, 2.24) is 10.2 Å². The first-order valence-electron chi connectivity index (χ1n) is 5.66. The second-order valence-electron chi connectivity index (χ2n) is 4.19. The molecule has 0 radical (unpaired) electrons. The van der Waals surface area contributed by atoms with Crippen molar-refractivity contribution in [1.29, 1.82) is 0 Å². The van der Waals surface area contributed by atoms with Crippen LogP contribution in [0.3, 0.4) is 0 Å². The molecule has 1 atom stereocenters. The van der Waals surface area contributed by atoms with E-state index in [4.69, 9.17) is 0 Å². The summed E-state index contributed by atoms with van der Waals surface area (Å²) < 4.78 is 0. The molecule has 15 heavy (non-hydrogen) atoms.